The van der Waals surface area contributed by atoms with Crippen LogP contribution in [0.3, 0.4) is 0 Å². The van der Waals surface area contributed by atoms with E-state index in [4.69, 9.17) is 4.74 Å². The SMILES string of the molecule is C[C@@H](C(=O)N[C@H](C(=O)N1C[C@@H](NC(=O)O)C[C@H]1C(=O)NCc1ccccc1)C1CCCCC1)N(C)C(=O)OC(C)(C)C. The first-order chi connectivity index (χ1) is 19.8. The predicted molar refractivity (Wildman–Crippen MR) is 155 cm³/mol. The fourth-order valence-corrected chi connectivity index (χ4v) is 5.48. The van der Waals surface area contributed by atoms with Crippen LogP contribution in [0.15, 0.2) is 30.3 Å². The van der Waals surface area contributed by atoms with Crippen LogP contribution in [0.25, 0.3) is 0 Å². The number of nitrogens with zero attached hydrogens (tertiary/aromatic N) is 2. The van der Waals surface area contributed by atoms with Crippen LogP contribution in [0.4, 0.5) is 9.59 Å². The lowest BCUT2D eigenvalue weighted by Gasteiger charge is -2.36. The molecule has 1 saturated heterocycles. The van der Waals surface area contributed by atoms with E-state index in [0.717, 1.165) is 37.7 Å². The molecular weight excluding hydrogens is 542 g/mol. The summed E-state index contributed by atoms with van der Waals surface area (Å²) in [5, 5.41) is 17.5. The average Bonchev–Trinajstić information content (AvgIpc) is 3.36. The minimum atomic E-state index is -1.24. The van der Waals surface area contributed by atoms with E-state index in [0.29, 0.717) is 0 Å². The number of amides is 5. The summed E-state index contributed by atoms with van der Waals surface area (Å²) in [6, 6.07) is 5.92. The molecule has 42 heavy (non-hydrogen) atoms. The van der Waals surface area contributed by atoms with Crippen LogP contribution < -0.4 is 16.0 Å². The van der Waals surface area contributed by atoms with Gasteiger partial charge < -0.3 is 30.7 Å². The summed E-state index contributed by atoms with van der Waals surface area (Å²) in [5.41, 5.74) is 0.145. The molecule has 0 spiro atoms. The first-order valence-electron chi connectivity index (χ1n) is 14.6. The molecule has 0 aromatic heterocycles. The normalized spacial score (nSPS) is 20.6. The van der Waals surface area contributed by atoms with E-state index in [2.05, 4.69) is 16.0 Å². The minimum absolute atomic E-state index is 0.00100. The number of benzene rings is 1. The standard InChI is InChI=1S/C30H45N5O7/c1-19(34(5)29(41)42-30(2,3)4)25(36)33-24(21-14-10-7-11-15-21)27(38)35-18-22(32-28(39)40)16-23(35)26(37)31-17-20-12-8-6-9-13-20/h6,8-9,12-13,19,21-24,32H,7,10-11,14-18H2,1-5H3,(H,31,37)(H,33,36)(H,39,40)/t19-,22-,23-,24-/m0/s1. The summed E-state index contributed by atoms with van der Waals surface area (Å²) in [6.45, 7) is 7.01. The maximum Gasteiger partial charge on any atom is 0.410 e. The van der Waals surface area contributed by atoms with Gasteiger partial charge in [0.2, 0.25) is 17.7 Å². The number of likely N-dealkylation sites (N-methyl/N-ethyl adjacent to an activating group) is 1. The second kappa shape index (κ2) is 14.4. The third-order valence-corrected chi connectivity index (χ3v) is 7.85. The molecule has 0 radical (unpaired) electrons. The molecule has 1 aliphatic heterocycles. The molecular formula is C30H45N5O7. The Hall–Kier alpha value is -3.83. The number of carbonyl (C=O) groups is 5. The molecule has 1 aromatic rings. The van der Waals surface area contributed by atoms with Crippen LogP contribution in [-0.2, 0) is 25.7 Å². The van der Waals surface area contributed by atoms with E-state index >= 15 is 0 Å². The van der Waals surface area contributed by atoms with Crippen molar-refractivity contribution in [2.75, 3.05) is 13.6 Å². The van der Waals surface area contributed by atoms with Gasteiger partial charge in [-0.25, -0.2) is 9.59 Å². The van der Waals surface area contributed by atoms with Gasteiger partial charge in [0.05, 0.1) is 6.04 Å². The minimum Gasteiger partial charge on any atom is -0.465 e. The largest absolute Gasteiger partial charge is 0.465 e. The molecule has 2 aliphatic rings. The summed E-state index contributed by atoms with van der Waals surface area (Å²) < 4.78 is 5.39. The number of ether oxygens (including phenoxy) is 1. The van der Waals surface area contributed by atoms with Crippen molar-refractivity contribution in [3.63, 3.8) is 0 Å². The van der Waals surface area contributed by atoms with E-state index in [-0.39, 0.29) is 25.4 Å². The Morgan fingerprint density at radius 2 is 1.71 bits per heavy atom. The maximum atomic E-state index is 14.2. The van der Waals surface area contributed by atoms with Crippen LogP contribution in [0.5, 0.6) is 0 Å². The van der Waals surface area contributed by atoms with Gasteiger partial charge in [-0.2, -0.15) is 0 Å². The van der Waals surface area contributed by atoms with Gasteiger partial charge >= 0.3 is 12.2 Å². The molecule has 4 N–H and O–H groups in total. The Morgan fingerprint density at radius 3 is 2.31 bits per heavy atom. The second-order valence-electron chi connectivity index (χ2n) is 12.2. The first-order valence-corrected chi connectivity index (χ1v) is 14.6. The summed E-state index contributed by atoms with van der Waals surface area (Å²) in [6.07, 6.45) is 2.50. The van der Waals surface area contributed by atoms with Gasteiger partial charge in [0.1, 0.15) is 23.7 Å². The molecule has 5 amide bonds. The lowest BCUT2D eigenvalue weighted by Crippen LogP contribution is -2.59. The molecule has 1 heterocycles. The molecule has 12 heteroatoms. The molecule has 1 aromatic carbocycles. The molecule has 2 fully saturated rings. The van der Waals surface area contributed by atoms with Crippen molar-refractivity contribution in [3.8, 4) is 0 Å². The molecule has 0 unspecified atom stereocenters. The summed E-state index contributed by atoms with van der Waals surface area (Å²) >= 11 is 0. The van der Waals surface area contributed by atoms with Crippen LogP contribution in [0.1, 0.15) is 71.8 Å². The second-order valence-corrected chi connectivity index (χ2v) is 12.2. The average molecular weight is 588 g/mol. The number of rotatable bonds is 9. The lowest BCUT2D eigenvalue weighted by molar-refractivity contribution is -0.143. The molecule has 3 rings (SSSR count). The van der Waals surface area contributed by atoms with Gasteiger partial charge in [-0.1, -0.05) is 49.6 Å². The van der Waals surface area contributed by atoms with Crippen LogP contribution in [0, 0.1) is 5.92 Å². The monoisotopic (exact) mass is 587 g/mol. The highest BCUT2D eigenvalue weighted by Crippen LogP contribution is 2.30. The van der Waals surface area contributed by atoms with Gasteiger partial charge in [0.25, 0.3) is 0 Å². The number of carbonyl (C=O) groups excluding carboxylic acids is 4. The van der Waals surface area contributed by atoms with Gasteiger partial charge in [-0.15, -0.1) is 0 Å². The number of nitrogens with one attached hydrogen (secondary N) is 3. The molecule has 0 bridgehead atoms. The molecule has 1 saturated carbocycles. The van der Waals surface area contributed by atoms with Gasteiger partial charge in [0, 0.05) is 20.1 Å². The maximum absolute atomic E-state index is 14.2. The van der Waals surface area contributed by atoms with Gasteiger partial charge in [0.15, 0.2) is 0 Å². The summed E-state index contributed by atoms with van der Waals surface area (Å²) in [7, 11) is 1.46. The highest BCUT2D eigenvalue weighted by atomic mass is 16.6. The highest BCUT2D eigenvalue weighted by Gasteiger charge is 2.45. The van der Waals surface area contributed by atoms with Gasteiger partial charge in [-0.3, -0.25) is 19.3 Å². The fourth-order valence-electron chi connectivity index (χ4n) is 5.48. The molecule has 1 aliphatic carbocycles. The zero-order valence-corrected chi connectivity index (χ0v) is 25.2. The zero-order chi connectivity index (χ0) is 31.0. The number of hydrogen-bond acceptors (Lipinski definition) is 6. The number of hydrogen-bond donors (Lipinski definition) is 4. The Morgan fingerprint density at radius 1 is 1.07 bits per heavy atom. The molecule has 4 atom stereocenters. The Kier molecular flexibility index (Phi) is 11.2. The Labute approximate surface area is 247 Å². The Balaban J connectivity index is 1.80. The van der Waals surface area contributed by atoms with Gasteiger partial charge in [-0.05, 0) is 58.4 Å². The van der Waals surface area contributed by atoms with E-state index in [9.17, 15) is 29.1 Å². The van der Waals surface area contributed by atoms with Crippen molar-refractivity contribution in [2.24, 2.45) is 5.92 Å². The van der Waals surface area contributed by atoms with Crippen molar-refractivity contribution in [1.82, 2.24) is 25.8 Å². The topological polar surface area (TPSA) is 157 Å². The van der Waals surface area contributed by atoms with E-state index in [1.807, 2.05) is 30.3 Å². The third kappa shape index (κ3) is 9.09. The number of carboxylic acid groups (broad SMARTS) is 1. The van der Waals surface area contributed by atoms with Crippen LogP contribution >= 0.6 is 0 Å². The summed E-state index contributed by atoms with van der Waals surface area (Å²) in [4.78, 5) is 67.5. The Bertz CT molecular complexity index is 1120. The van der Waals surface area contributed by atoms with Crippen molar-refractivity contribution >= 4 is 29.9 Å². The zero-order valence-electron chi connectivity index (χ0n) is 25.2. The van der Waals surface area contributed by atoms with E-state index in [1.54, 1.807) is 27.7 Å². The molecule has 12 nitrogen and oxygen atoms in total. The van der Waals surface area contributed by atoms with Crippen molar-refractivity contribution in [3.05, 3.63) is 35.9 Å². The highest BCUT2D eigenvalue weighted by molar-refractivity contribution is 5.94. The van der Waals surface area contributed by atoms with Crippen LogP contribution in [0.2, 0.25) is 0 Å². The predicted octanol–water partition coefficient (Wildman–Crippen LogP) is 2.86. The summed E-state index contributed by atoms with van der Waals surface area (Å²) in [5.74, 6) is -1.50. The van der Waals surface area contributed by atoms with Crippen molar-refractivity contribution < 1.29 is 33.8 Å². The third-order valence-electron chi connectivity index (χ3n) is 7.85. The van der Waals surface area contributed by atoms with E-state index in [1.165, 1.54) is 16.8 Å². The van der Waals surface area contributed by atoms with E-state index < -0.39 is 59.7 Å². The fraction of sp³-hybridized carbons (Fsp3) is 0.633. The van der Waals surface area contributed by atoms with Crippen molar-refractivity contribution in [1.29, 1.82) is 0 Å². The molecule has 232 valence electrons. The number of likely N-dealkylation sites (tertiary alicyclic amines) is 1. The first kappa shape index (κ1) is 32.7. The van der Waals surface area contributed by atoms with Crippen LogP contribution in [-0.4, -0.2) is 88.2 Å². The lowest BCUT2D eigenvalue weighted by atomic mass is 9.83. The van der Waals surface area contributed by atoms with Crippen molar-refractivity contribution in [2.45, 2.75) is 103 Å². The quantitative estimate of drug-likeness (QED) is 0.346. The smallest absolute Gasteiger partial charge is 0.410 e.